The molecule has 0 unspecified atom stereocenters. The highest BCUT2D eigenvalue weighted by molar-refractivity contribution is 7.13. The van der Waals surface area contributed by atoms with Crippen molar-refractivity contribution >= 4 is 28.1 Å². The average molecular weight is 231 g/mol. The lowest BCUT2D eigenvalue weighted by atomic mass is 10.3. The Bertz CT molecular complexity index is 656. The monoisotopic (exact) mass is 231 g/mol. The van der Waals surface area contributed by atoms with E-state index in [2.05, 4.69) is 9.97 Å². The molecule has 0 saturated heterocycles. The average Bonchev–Trinajstić information content (AvgIpc) is 2.82. The number of hydrogen-bond donors (Lipinski definition) is 1. The molecule has 2 heterocycles. The largest absolute Gasteiger partial charge is 0.435 e. The van der Waals surface area contributed by atoms with E-state index in [1.54, 1.807) is 11.6 Å². The molecular weight excluding hydrogens is 222 g/mol. The van der Waals surface area contributed by atoms with Gasteiger partial charge in [-0.3, -0.25) is 0 Å². The quantitative estimate of drug-likeness (QED) is 0.654. The fourth-order valence-electron chi connectivity index (χ4n) is 1.55. The van der Waals surface area contributed by atoms with Crippen LogP contribution in [0, 0.1) is 6.92 Å². The van der Waals surface area contributed by atoms with Crippen LogP contribution in [0.3, 0.4) is 0 Å². The van der Waals surface area contributed by atoms with Crippen LogP contribution in [0.2, 0.25) is 0 Å². The number of benzene rings is 1. The van der Waals surface area contributed by atoms with Crippen molar-refractivity contribution in [2.45, 2.75) is 6.92 Å². The SMILES string of the molecule is Cc1ncsc1-c1nc2ccc(N)cc2o1. The third kappa shape index (κ3) is 1.37. The summed E-state index contributed by atoms with van der Waals surface area (Å²) in [5.74, 6) is 0.612. The van der Waals surface area contributed by atoms with Gasteiger partial charge < -0.3 is 10.2 Å². The van der Waals surface area contributed by atoms with E-state index in [-0.39, 0.29) is 0 Å². The van der Waals surface area contributed by atoms with Gasteiger partial charge in [0, 0.05) is 11.8 Å². The summed E-state index contributed by atoms with van der Waals surface area (Å²) in [7, 11) is 0. The lowest BCUT2D eigenvalue weighted by molar-refractivity contribution is 0.621. The molecular formula is C11H9N3OS. The number of thiazole rings is 1. The van der Waals surface area contributed by atoms with E-state index in [1.165, 1.54) is 11.3 Å². The lowest BCUT2D eigenvalue weighted by Gasteiger charge is -1.89. The second-order valence-corrected chi connectivity index (χ2v) is 4.37. The number of fused-ring (bicyclic) bond motifs is 1. The van der Waals surface area contributed by atoms with E-state index in [0.29, 0.717) is 17.2 Å². The Balaban J connectivity index is 2.23. The van der Waals surface area contributed by atoms with E-state index in [9.17, 15) is 0 Å². The topological polar surface area (TPSA) is 64.9 Å². The van der Waals surface area contributed by atoms with E-state index >= 15 is 0 Å². The van der Waals surface area contributed by atoms with Crippen LogP contribution >= 0.6 is 11.3 Å². The van der Waals surface area contributed by atoms with Crippen molar-refractivity contribution in [3.8, 4) is 10.8 Å². The van der Waals surface area contributed by atoms with E-state index in [4.69, 9.17) is 10.2 Å². The molecule has 80 valence electrons. The molecule has 0 aliphatic carbocycles. The van der Waals surface area contributed by atoms with Crippen molar-refractivity contribution in [2.75, 3.05) is 5.73 Å². The molecule has 3 aromatic rings. The van der Waals surface area contributed by atoms with Gasteiger partial charge in [-0.1, -0.05) is 0 Å². The van der Waals surface area contributed by atoms with Crippen molar-refractivity contribution in [1.82, 2.24) is 9.97 Å². The van der Waals surface area contributed by atoms with Crippen molar-refractivity contribution in [3.05, 3.63) is 29.4 Å². The van der Waals surface area contributed by atoms with Crippen molar-refractivity contribution in [2.24, 2.45) is 0 Å². The number of aryl methyl sites for hydroxylation is 1. The van der Waals surface area contributed by atoms with Crippen molar-refractivity contribution < 1.29 is 4.42 Å². The molecule has 2 aromatic heterocycles. The minimum absolute atomic E-state index is 0.612. The zero-order valence-corrected chi connectivity index (χ0v) is 9.41. The minimum Gasteiger partial charge on any atom is -0.435 e. The van der Waals surface area contributed by atoms with Gasteiger partial charge in [0.2, 0.25) is 5.89 Å². The smallest absolute Gasteiger partial charge is 0.239 e. The summed E-state index contributed by atoms with van der Waals surface area (Å²) in [6, 6.07) is 5.45. The van der Waals surface area contributed by atoms with Gasteiger partial charge >= 0.3 is 0 Å². The van der Waals surface area contributed by atoms with Crippen LogP contribution in [0.15, 0.2) is 28.1 Å². The van der Waals surface area contributed by atoms with Crippen LogP contribution in [-0.2, 0) is 0 Å². The Kier molecular flexibility index (Phi) is 1.94. The summed E-state index contributed by atoms with van der Waals surface area (Å²) in [6.07, 6.45) is 0. The first-order chi connectivity index (χ1) is 7.74. The van der Waals surface area contributed by atoms with Gasteiger partial charge in [0.05, 0.1) is 11.2 Å². The molecule has 2 N–H and O–H groups in total. The van der Waals surface area contributed by atoms with Gasteiger partial charge in [-0.05, 0) is 19.1 Å². The maximum Gasteiger partial charge on any atom is 0.239 e. The van der Waals surface area contributed by atoms with Crippen LogP contribution in [0.1, 0.15) is 5.69 Å². The van der Waals surface area contributed by atoms with Crippen LogP contribution in [0.25, 0.3) is 21.9 Å². The summed E-state index contributed by atoms with van der Waals surface area (Å²) in [5.41, 5.74) is 10.6. The molecule has 0 radical (unpaired) electrons. The molecule has 0 saturated carbocycles. The number of rotatable bonds is 1. The molecule has 0 bridgehead atoms. The molecule has 5 heteroatoms. The van der Waals surface area contributed by atoms with E-state index in [1.807, 2.05) is 19.1 Å². The number of oxazole rings is 1. The Morgan fingerprint density at radius 3 is 3.00 bits per heavy atom. The predicted octanol–water partition coefficient (Wildman–Crippen LogP) is 2.84. The highest BCUT2D eigenvalue weighted by atomic mass is 32.1. The normalized spacial score (nSPS) is 11.1. The van der Waals surface area contributed by atoms with E-state index < -0.39 is 0 Å². The number of nitrogens with two attached hydrogens (primary N) is 1. The van der Waals surface area contributed by atoms with Gasteiger partial charge in [0.15, 0.2) is 5.58 Å². The summed E-state index contributed by atoms with van der Waals surface area (Å²) in [4.78, 5) is 9.55. The third-order valence-corrected chi connectivity index (χ3v) is 3.27. The molecule has 3 rings (SSSR count). The molecule has 0 fully saturated rings. The number of hydrogen-bond acceptors (Lipinski definition) is 5. The first-order valence-corrected chi connectivity index (χ1v) is 5.68. The van der Waals surface area contributed by atoms with Gasteiger partial charge in [0.1, 0.15) is 10.4 Å². The second-order valence-electron chi connectivity index (χ2n) is 3.51. The molecule has 1 aromatic carbocycles. The Hall–Kier alpha value is -1.88. The zero-order valence-electron chi connectivity index (χ0n) is 8.60. The number of anilines is 1. The molecule has 16 heavy (non-hydrogen) atoms. The van der Waals surface area contributed by atoms with Gasteiger partial charge in [-0.15, -0.1) is 11.3 Å². The third-order valence-electron chi connectivity index (χ3n) is 2.35. The van der Waals surface area contributed by atoms with Gasteiger partial charge in [-0.2, -0.15) is 0 Å². The summed E-state index contributed by atoms with van der Waals surface area (Å²) < 4.78 is 5.65. The van der Waals surface area contributed by atoms with Gasteiger partial charge in [0.25, 0.3) is 0 Å². The van der Waals surface area contributed by atoms with E-state index in [0.717, 1.165) is 16.1 Å². The Morgan fingerprint density at radius 1 is 1.38 bits per heavy atom. The maximum atomic E-state index is 5.68. The van der Waals surface area contributed by atoms with Gasteiger partial charge in [-0.25, -0.2) is 9.97 Å². The van der Waals surface area contributed by atoms with Crippen LogP contribution in [0.4, 0.5) is 5.69 Å². The van der Waals surface area contributed by atoms with Crippen molar-refractivity contribution in [1.29, 1.82) is 0 Å². The summed E-state index contributed by atoms with van der Waals surface area (Å²) in [6.45, 7) is 1.94. The summed E-state index contributed by atoms with van der Waals surface area (Å²) in [5, 5.41) is 0. The highest BCUT2D eigenvalue weighted by Gasteiger charge is 2.12. The number of nitrogens with zero attached hydrogens (tertiary/aromatic N) is 2. The molecule has 0 spiro atoms. The molecule has 4 nitrogen and oxygen atoms in total. The van der Waals surface area contributed by atoms with Crippen LogP contribution in [-0.4, -0.2) is 9.97 Å². The molecule has 0 aliphatic rings. The molecule has 0 atom stereocenters. The number of nitrogen functional groups attached to an aromatic ring is 1. The van der Waals surface area contributed by atoms with Crippen LogP contribution < -0.4 is 5.73 Å². The maximum absolute atomic E-state index is 5.68. The Morgan fingerprint density at radius 2 is 2.25 bits per heavy atom. The standard InChI is InChI=1S/C11H9N3OS/c1-6-10(16-5-13-6)11-14-8-3-2-7(12)4-9(8)15-11/h2-5H,12H2,1H3. The van der Waals surface area contributed by atoms with Crippen LogP contribution in [0.5, 0.6) is 0 Å². The molecule has 0 aliphatic heterocycles. The summed E-state index contributed by atoms with van der Waals surface area (Å²) >= 11 is 1.52. The predicted molar refractivity (Wildman–Crippen MR) is 64.3 cm³/mol. The Labute approximate surface area is 95.7 Å². The first kappa shape index (κ1) is 9.35. The fraction of sp³-hybridized carbons (Fsp3) is 0.0909. The lowest BCUT2D eigenvalue weighted by Crippen LogP contribution is -1.81. The zero-order chi connectivity index (χ0) is 11.1. The highest BCUT2D eigenvalue weighted by Crippen LogP contribution is 2.30. The second kappa shape index (κ2) is 3.31. The number of aromatic nitrogens is 2. The van der Waals surface area contributed by atoms with Crippen molar-refractivity contribution in [3.63, 3.8) is 0 Å². The fourth-order valence-corrected chi connectivity index (χ4v) is 2.27. The minimum atomic E-state index is 0.612. The first-order valence-electron chi connectivity index (χ1n) is 4.80. The molecule has 0 amide bonds.